The fraction of sp³-hybridized carbons (Fsp3) is 0.583. The van der Waals surface area contributed by atoms with Gasteiger partial charge in [0.15, 0.2) is 5.82 Å². The first kappa shape index (κ1) is 12.3. The smallest absolute Gasteiger partial charge is 0.227 e. The van der Waals surface area contributed by atoms with Crippen molar-refractivity contribution in [1.82, 2.24) is 15.1 Å². The van der Waals surface area contributed by atoms with Crippen LogP contribution in [0.4, 0.5) is 5.82 Å². The van der Waals surface area contributed by atoms with Gasteiger partial charge in [-0.15, -0.1) is 0 Å². The number of nitrogens with zero attached hydrogens (tertiary/aromatic N) is 3. The molecule has 3 rings (SSSR count). The lowest BCUT2D eigenvalue weighted by Crippen LogP contribution is -2.17. The van der Waals surface area contributed by atoms with Crippen molar-refractivity contribution in [2.45, 2.75) is 32.5 Å². The summed E-state index contributed by atoms with van der Waals surface area (Å²) in [6.45, 7) is 4.13. The lowest BCUT2D eigenvalue weighted by Gasteiger charge is -2.22. The van der Waals surface area contributed by atoms with Crippen LogP contribution in [-0.4, -0.2) is 32.9 Å². The second-order valence-electron chi connectivity index (χ2n) is 5.52. The number of aliphatic hydroxyl groups is 1. The van der Waals surface area contributed by atoms with E-state index in [1.807, 2.05) is 0 Å². The van der Waals surface area contributed by atoms with Crippen LogP contribution in [0, 0.1) is 5.41 Å². The van der Waals surface area contributed by atoms with Gasteiger partial charge in [-0.3, -0.25) is 0 Å². The Hall–Kier alpha value is -1.73. The molecule has 1 saturated heterocycles. The van der Waals surface area contributed by atoms with E-state index in [1.54, 1.807) is 0 Å². The number of anilines is 1. The van der Waals surface area contributed by atoms with Crippen molar-refractivity contribution in [2.24, 2.45) is 5.41 Å². The molecular formula is C12H16N4O3. The molecule has 19 heavy (non-hydrogen) atoms. The summed E-state index contributed by atoms with van der Waals surface area (Å²) in [6, 6.07) is 0. The molecule has 1 aliphatic heterocycles. The summed E-state index contributed by atoms with van der Waals surface area (Å²) >= 11 is 0. The van der Waals surface area contributed by atoms with Gasteiger partial charge in [0.25, 0.3) is 0 Å². The Morgan fingerprint density at radius 3 is 2.95 bits per heavy atom. The van der Waals surface area contributed by atoms with E-state index in [2.05, 4.69) is 29.0 Å². The summed E-state index contributed by atoms with van der Waals surface area (Å²) in [5.74, 6) is 0.262. The van der Waals surface area contributed by atoms with E-state index < -0.39 is 0 Å². The van der Waals surface area contributed by atoms with Crippen LogP contribution in [0.25, 0.3) is 11.1 Å². The van der Waals surface area contributed by atoms with Gasteiger partial charge in [-0.1, -0.05) is 19.0 Å². The normalized spacial score (nSPS) is 26.1. The molecule has 0 amide bonds. The highest BCUT2D eigenvalue weighted by atomic mass is 16.5. The molecule has 1 fully saturated rings. The van der Waals surface area contributed by atoms with Crippen LogP contribution in [0.15, 0.2) is 10.9 Å². The zero-order valence-corrected chi connectivity index (χ0v) is 10.8. The number of aromatic nitrogens is 3. The van der Waals surface area contributed by atoms with Gasteiger partial charge in [0.1, 0.15) is 23.6 Å². The van der Waals surface area contributed by atoms with Gasteiger partial charge in [0, 0.05) is 0 Å². The Morgan fingerprint density at radius 1 is 1.47 bits per heavy atom. The molecule has 2 aromatic rings. The predicted octanol–water partition coefficient (Wildman–Crippen LogP) is 1.05. The molecule has 2 atom stereocenters. The third-order valence-corrected chi connectivity index (χ3v) is 3.55. The molecule has 102 valence electrons. The third-order valence-electron chi connectivity index (χ3n) is 3.55. The molecule has 3 N–H and O–H groups in total. The predicted molar refractivity (Wildman–Crippen MR) is 67.1 cm³/mol. The van der Waals surface area contributed by atoms with Crippen LogP contribution in [0.5, 0.6) is 0 Å². The van der Waals surface area contributed by atoms with E-state index in [0.717, 1.165) is 6.42 Å². The SMILES string of the molecule is CC1(C)C[C@@H](CO)O[C@H]1c1noc2c(N)ncnc12. The number of aliphatic hydroxyl groups excluding tert-OH is 1. The zero-order chi connectivity index (χ0) is 13.6. The second kappa shape index (κ2) is 4.14. The fourth-order valence-corrected chi connectivity index (χ4v) is 2.63. The highest BCUT2D eigenvalue weighted by Crippen LogP contribution is 2.48. The number of hydrogen-bond donors (Lipinski definition) is 2. The summed E-state index contributed by atoms with van der Waals surface area (Å²) < 4.78 is 11.1. The zero-order valence-electron chi connectivity index (χ0n) is 10.8. The number of rotatable bonds is 2. The average molecular weight is 264 g/mol. The summed E-state index contributed by atoms with van der Waals surface area (Å²) in [7, 11) is 0. The van der Waals surface area contributed by atoms with Crippen LogP contribution >= 0.6 is 0 Å². The first-order valence-electron chi connectivity index (χ1n) is 6.15. The van der Waals surface area contributed by atoms with Crippen molar-refractivity contribution in [3.05, 3.63) is 12.0 Å². The molecule has 1 aliphatic rings. The molecule has 3 heterocycles. The van der Waals surface area contributed by atoms with E-state index in [9.17, 15) is 5.11 Å². The van der Waals surface area contributed by atoms with Crippen LogP contribution < -0.4 is 5.73 Å². The number of hydrogen-bond acceptors (Lipinski definition) is 7. The van der Waals surface area contributed by atoms with Crippen molar-refractivity contribution >= 4 is 16.9 Å². The molecular weight excluding hydrogens is 248 g/mol. The van der Waals surface area contributed by atoms with Crippen molar-refractivity contribution < 1.29 is 14.4 Å². The molecule has 0 bridgehead atoms. The summed E-state index contributed by atoms with van der Waals surface area (Å²) in [5, 5.41) is 13.3. The lowest BCUT2D eigenvalue weighted by molar-refractivity contribution is -0.00858. The maximum Gasteiger partial charge on any atom is 0.227 e. The number of ether oxygens (including phenoxy) is 1. The quantitative estimate of drug-likeness (QED) is 0.834. The van der Waals surface area contributed by atoms with Crippen molar-refractivity contribution in [3.63, 3.8) is 0 Å². The van der Waals surface area contributed by atoms with Gasteiger partial charge < -0.3 is 20.1 Å². The molecule has 7 heteroatoms. The Balaban J connectivity index is 2.07. The molecule has 0 saturated carbocycles. The van der Waals surface area contributed by atoms with E-state index in [0.29, 0.717) is 16.8 Å². The highest BCUT2D eigenvalue weighted by Gasteiger charge is 2.44. The summed E-state index contributed by atoms with van der Waals surface area (Å²) in [5.41, 5.74) is 7.14. The molecule has 0 aromatic carbocycles. The summed E-state index contributed by atoms with van der Waals surface area (Å²) in [4.78, 5) is 8.04. The molecule has 0 aliphatic carbocycles. The van der Waals surface area contributed by atoms with Gasteiger partial charge >= 0.3 is 0 Å². The van der Waals surface area contributed by atoms with E-state index in [-0.39, 0.29) is 30.0 Å². The molecule has 0 radical (unpaired) electrons. The number of fused-ring (bicyclic) bond motifs is 1. The molecule has 0 unspecified atom stereocenters. The average Bonchev–Trinajstić information content (AvgIpc) is 2.90. The van der Waals surface area contributed by atoms with E-state index in [1.165, 1.54) is 6.33 Å². The second-order valence-corrected chi connectivity index (χ2v) is 5.52. The van der Waals surface area contributed by atoms with Crippen molar-refractivity contribution in [2.75, 3.05) is 12.3 Å². The highest BCUT2D eigenvalue weighted by molar-refractivity contribution is 5.83. The minimum Gasteiger partial charge on any atom is -0.394 e. The fourth-order valence-electron chi connectivity index (χ4n) is 2.63. The lowest BCUT2D eigenvalue weighted by atomic mass is 9.82. The van der Waals surface area contributed by atoms with E-state index >= 15 is 0 Å². The minimum absolute atomic E-state index is 0.00711. The Bertz CT molecular complexity index is 610. The maximum absolute atomic E-state index is 9.26. The summed E-state index contributed by atoms with van der Waals surface area (Å²) in [6.07, 6.45) is 1.67. The van der Waals surface area contributed by atoms with Crippen molar-refractivity contribution in [3.8, 4) is 0 Å². The monoisotopic (exact) mass is 264 g/mol. The number of nitrogen functional groups attached to an aromatic ring is 1. The van der Waals surface area contributed by atoms with Gasteiger partial charge in [-0.05, 0) is 11.8 Å². The topological polar surface area (TPSA) is 107 Å². The van der Waals surface area contributed by atoms with Crippen LogP contribution in [0.3, 0.4) is 0 Å². The Morgan fingerprint density at radius 2 is 2.26 bits per heavy atom. The van der Waals surface area contributed by atoms with Gasteiger partial charge in [0.05, 0.1) is 12.7 Å². The molecule has 7 nitrogen and oxygen atoms in total. The van der Waals surface area contributed by atoms with E-state index in [4.69, 9.17) is 15.0 Å². The minimum atomic E-state index is -0.278. The largest absolute Gasteiger partial charge is 0.394 e. The number of nitrogens with two attached hydrogens (primary N) is 1. The molecule has 2 aromatic heterocycles. The van der Waals surface area contributed by atoms with Crippen LogP contribution in [0.1, 0.15) is 32.1 Å². The van der Waals surface area contributed by atoms with Gasteiger partial charge in [-0.25, -0.2) is 9.97 Å². The first-order chi connectivity index (χ1) is 9.03. The Labute approximate surface area is 109 Å². The van der Waals surface area contributed by atoms with Crippen LogP contribution in [0.2, 0.25) is 0 Å². The molecule has 0 spiro atoms. The maximum atomic E-state index is 9.26. The van der Waals surface area contributed by atoms with Gasteiger partial charge in [0.2, 0.25) is 5.58 Å². The standard InChI is InChI=1S/C12H16N4O3/c1-12(2)3-6(4-17)18-10(12)8-7-9(19-16-8)11(13)15-5-14-7/h5-6,10,17H,3-4H2,1-2H3,(H2,13,14,15)/t6-,10-/m0/s1. The van der Waals surface area contributed by atoms with Crippen molar-refractivity contribution in [1.29, 1.82) is 0 Å². The van der Waals surface area contributed by atoms with Gasteiger partial charge in [-0.2, -0.15) is 0 Å². The first-order valence-corrected chi connectivity index (χ1v) is 6.15. The van der Waals surface area contributed by atoms with Crippen LogP contribution in [-0.2, 0) is 4.74 Å². The Kier molecular flexibility index (Phi) is 2.68. The third kappa shape index (κ3) is 1.85.